The first-order valence-corrected chi connectivity index (χ1v) is 9.98. The van der Waals surface area contributed by atoms with E-state index >= 15 is 0 Å². The average molecular weight is 388 g/mol. The Balaban J connectivity index is 2.06. The van der Waals surface area contributed by atoms with Crippen molar-refractivity contribution in [3.63, 3.8) is 0 Å². The molecule has 0 unspecified atom stereocenters. The Hall–Kier alpha value is -2.38. The predicted octanol–water partition coefficient (Wildman–Crippen LogP) is 3.95. The largest absolute Gasteiger partial charge is 0.317 e. The lowest BCUT2D eigenvalue weighted by atomic mass is 10.2. The van der Waals surface area contributed by atoms with E-state index in [0.717, 1.165) is 9.77 Å². The van der Waals surface area contributed by atoms with E-state index in [9.17, 15) is 9.59 Å². The first-order valence-electron chi connectivity index (χ1n) is 7.94. The molecule has 1 heterocycles. The van der Waals surface area contributed by atoms with Gasteiger partial charge in [0.1, 0.15) is 5.70 Å². The number of hydrogen-bond acceptors (Lipinski definition) is 5. The third kappa shape index (κ3) is 5.31. The fraction of sp³-hybridized carbons (Fsp3) is 0.211. The molecule has 0 saturated heterocycles. The van der Waals surface area contributed by atoms with E-state index in [1.54, 1.807) is 67.4 Å². The number of aryl methyl sites for hydroxylation is 1. The summed E-state index contributed by atoms with van der Waals surface area (Å²) in [6.45, 7) is 5.55. The molecule has 0 aliphatic carbocycles. The van der Waals surface area contributed by atoms with Gasteiger partial charge in [-0.25, -0.2) is 5.43 Å². The minimum absolute atomic E-state index is 0.197. The molecule has 0 aliphatic heterocycles. The zero-order chi connectivity index (χ0) is 19.1. The summed E-state index contributed by atoms with van der Waals surface area (Å²) in [5.74, 6) is -0.790. The van der Waals surface area contributed by atoms with Crippen LogP contribution in [0.25, 0.3) is 0 Å². The molecule has 0 bridgehead atoms. The van der Waals surface area contributed by atoms with Crippen LogP contribution < -0.4 is 10.7 Å². The van der Waals surface area contributed by atoms with Gasteiger partial charge in [0.05, 0.1) is 10.4 Å². The van der Waals surface area contributed by atoms with E-state index in [-0.39, 0.29) is 11.6 Å². The molecule has 0 atom stereocenters. The topological polar surface area (TPSA) is 70.6 Å². The van der Waals surface area contributed by atoms with Gasteiger partial charge in [0, 0.05) is 16.0 Å². The molecule has 0 radical (unpaired) electrons. The number of thioether (sulfide) groups is 1. The summed E-state index contributed by atoms with van der Waals surface area (Å²) in [5.41, 5.74) is 4.82. The van der Waals surface area contributed by atoms with Gasteiger partial charge in [0.25, 0.3) is 11.8 Å². The van der Waals surface area contributed by atoms with Gasteiger partial charge >= 0.3 is 0 Å². The summed E-state index contributed by atoms with van der Waals surface area (Å²) in [5, 5.41) is 6.69. The zero-order valence-electron chi connectivity index (χ0n) is 15.1. The van der Waals surface area contributed by atoms with Gasteiger partial charge < -0.3 is 5.32 Å². The molecular formula is C19H21N3O2S2. The van der Waals surface area contributed by atoms with Gasteiger partial charge in [0.2, 0.25) is 0 Å². The van der Waals surface area contributed by atoms with Gasteiger partial charge in [-0.15, -0.1) is 23.1 Å². The number of rotatable bonds is 6. The maximum atomic E-state index is 12.4. The third-order valence-corrected chi connectivity index (χ3v) is 5.62. The number of nitrogens with zero attached hydrogens (tertiary/aromatic N) is 1. The molecule has 26 heavy (non-hydrogen) atoms. The molecule has 0 saturated carbocycles. The van der Waals surface area contributed by atoms with Crippen molar-refractivity contribution in [2.45, 2.75) is 25.0 Å². The van der Waals surface area contributed by atoms with Crippen LogP contribution in [0, 0.1) is 6.92 Å². The Bertz CT molecular complexity index is 851. The van der Waals surface area contributed by atoms with Crippen LogP contribution in [0.15, 0.2) is 57.0 Å². The molecule has 0 fully saturated rings. The third-order valence-electron chi connectivity index (χ3n) is 3.40. The number of thiophene rings is 1. The quantitative estimate of drug-likeness (QED) is 0.341. The Kier molecular flexibility index (Phi) is 7.17. The molecule has 0 aliphatic rings. The first kappa shape index (κ1) is 19.9. The zero-order valence-corrected chi connectivity index (χ0v) is 16.8. The van der Waals surface area contributed by atoms with Crippen molar-refractivity contribution in [2.75, 3.05) is 6.26 Å². The van der Waals surface area contributed by atoms with Crippen molar-refractivity contribution in [3.8, 4) is 0 Å². The number of hydrogen-bond donors (Lipinski definition) is 2. The molecule has 2 aromatic rings. The maximum absolute atomic E-state index is 12.4. The fourth-order valence-electron chi connectivity index (χ4n) is 2.16. The van der Waals surface area contributed by atoms with Gasteiger partial charge in [-0.2, -0.15) is 5.10 Å². The molecule has 2 N–H and O–H groups in total. The summed E-state index contributed by atoms with van der Waals surface area (Å²) in [6, 6.07) is 10.8. The molecule has 1 aromatic heterocycles. The van der Waals surface area contributed by atoms with Crippen LogP contribution in [-0.4, -0.2) is 24.3 Å². The van der Waals surface area contributed by atoms with Crippen molar-refractivity contribution < 1.29 is 9.59 Å². The number of carbonyl (C=O) groups excluding carboxylic acids is 2. The van der Waals surface area contributed by atoms with Crippen molar-refractivity contribution >= 4 is 41.1 Å². The highest BCUT2D eigenvalue weighted by Crippen LogP contribution is 2.28. The molecule has 2 amide bonds. The first-order chi connectivity index (χ1) is 12.4. The van der Waals surface area contributed by atoms with Crippen LogP contribution >= 0.6 is 23.1 Å². The van der Waals surface area contributed by atoms with Crippen molar-refractivity contribution in [1.82, 2.24) is 10.7 Å². The average Bonchev–Trinajstić information content (AvgIpc) is 2.99. The Labute approximate surface area is 161 Å². The van der Waals surface area contributed by atoms with E-state index in [4.69, 9.17) is 0 Å². The number of allylic oxidation sites excluding steroid dienone is 1. The molecular weight excluding hydrogens is 366 g/mol. The number of amides is 2. The molecule has 7 heteroatoms. The van der Waals surface area contributed by atoms with Gasteiger partial charge in [-0.3, -0.25) is 9.59 Å². The lowest BCUT2D eigenvalue weighted by molar-refractivity contribution is -0.117. The molecule has 5 nitrogen and oxygen atoms in total. The maximum Gasteiger partial charge on any atom is 0.287 e. The van der Waals surface area contributed by atoms with E-state index in [2.05, 4.69) is 15.8 Å². The number of benzene rings is 1. The van der Waals surface area contributed by atoms with Crippen LogP contribution in [0.1, 0.15) is 34.6 Å². The minimum atomic E-state index is -0.455. The number of nitrogens with one attached hydrogen (secondary N) is 2. The van der Waals surface area contributed by atoms with Crippen LogP contribution in [0.4, 0.5) is 0 Å². The second-order valence-electron chi connectivity index (χ2n) is 5.70. The summed E-state index contributed by atoms with van der Waals surface area (Å²) in [7, 11) is 0. The SMILES string of the molecule is CSc1sc(C)cc1/C=N/NC(=O)C(NC(=O)c1ccccc1)=C(C)C. The highest BCUT2D eigenvalue weighted by Gasteiger charge is 2.15. The van der Waals surface area contributed by atoms with Gasteiger partial charge in [0.15, 0.2) is 0 Å². The van der Waals surface area contributed by atoms with Crippen molar-refractivity contribution in [1.29, 1.82) is 0 Å². The molecule has 136 valence electrons. The van der Waals surface area contributed by atoms with E-state index < -0.39 is 5.91 Å². The summed E-state index contributed by atoms with van der Waals surface area (Å²) >= 11 is 3.32. The Morgan fingerprint density at radius 3 is 2.50 bits per heavy atom. The second kappa shape index (κ2) is 9.35. The second-order valence-corrected chi connectivity index (χ2v) is 8.03. The van der Waals surface area contributed by atoms with Crippen LogP contribution in [0.2, 0.25) is 0 Å². The van der Waals surface area contributed by atoms with Crippen molar-refractivity contribution in [3.05, 3.63) is 63.7 Å². The molecule has 0 spiro atoms. The van der Waals surface area contributed by atoms with Gasteiger partial charge in [-0.05, 0) is 50.8 Å². The minimum Gasteiger partial charge on any atom is -0.317 e. The van der Waals surface area contributed by atoms with Gasteiger partial charge in [-0.1, -0.05) is 18.2 Å². The van der Waals surface area contributed by atoms with E-state index in [0.29, 0.717) is 11.1 Å². The standard InChI is InChI=1S/C19H21N3O2S2/c1-12(2)16(21-17(23)14-8-6-5-7-9-14)18(24)22-20-11-15-10-13(3)26-19(15)25-4/h5-11H,1-4H3,(H,21,23)(H,22,24)/b20-11+. The monoisotopic (exact) mass is 387 g/mol. The van der Waals surface area contributed by atoms with Crippen LogP contribution in [0.3, 0.4) is 0 Å². The normalized spacial score (nSPS) is 10.6. The number of hydrazone groups is 1. The van der Waals surface area contributed by atoms with E-state index in [1.165, 1.54) is 4.88 Å². The molecule has 1 aromatic carbocycles. The lowest BCUT2D eigenvalue weighted by Crippen LogP contribution is -2.33. The highest BCUT2D eigenvalue weighted by atomic mass is 32.2. The lowest BCUT2D eigenvalue weighted by Gasteiger charge is -2.10. The summed E-state index contributed by atoms with van der Waals surface area (Å²) < 4.78 is 1.14. The summed E-state index contributed by atoms with van der Waals surface area (Å²) in [6.07, 6.45) is 3.62. The smallest absolute Gasteiger partial charge is 0.287 e. The van der Waals surface area contributed by atoms with E-state index in [1.807, 2.05) is 25.3 Å². The number of carbonyl (C=O) groups is 2. The Morgan fingerprint density at radius 2 is 1.88 bits per heavy atom. The Morgan fingerprint density at radius 1 is 1.19 bits per heavy atom. The highest BCUT2D eigenvalue weighted by molar-refractivity contribution is 8.00. The van der Waals surface area contributed by atoms with Crippen LogP contribution in [0.5, 0.6) is 0 Å². The van der Waals surface area contributed by atoms with Crippen molar-refractivity contribution in [2.24, 2.45) is 5.10 Å². The summed E-state index contributed by atoms with van der Waals surface area (Å²) in [4.78, 5) is 25.9. The fourth-order valence-corrected chi connectivity index (χ4v) is 3.95. The predicted molar refractivity (Wildman–Crippen MR) is 109 cm³/mol. The molecule has 2 rings (SSSR count). The van der Waals surface area contributed by atoms with Crippen LogP contribution in [-0.2, 0) is 4.79 Å².